The molecule has 0 aliphatic heterocycles. The fourth-order valence-corrected chi connectivity index (χ4v) is 1.47. The molecule has 0 radical (unpaired) electrons. The minimum Gasteiger partial charge on any atom is -0.481 e. The zero-order valence-corrected chi connectivity index (χ0v) is 10.9. The molecule has 0 saturated carbocycles. The van der Waals surface area contributed by atoms with Gasteiger partial charge in [0.25, 0.3) is 0 Å². The van der Waals surface area contributed by atoms with Gasteiger partial charge in [-0.1, -0.05) is 0 Å². The monoisotopic (exact) mass is 250 g/mol. The van der Waals surface area contributed by atoms with Gasteiger partial charge in [-0.3, -0.25) is 9.59 Å². The van der Waals surface area contributed by atoms with Gasteiger partial charge >= 0.3 is 11.9 Å². The number of carbonyl (C=O) groups is 2. The molecular weight excluding hydrogens is 230 g/mol. The summed E-state index contributed by atoms with van der Waals surface area (Å²) in [5.41, 5.74) is 0. The molecule has 0 aliphatic carbocycles. The van der Waals surface area contributed by atoms with E-state index < -0.39 is 18.0 Å². The Hall–Kier alpha value is -0.750. The number of rotatable bonds is 7. The van der Waals surface area contributed by atoms with Crippen molar-refractivity contribution < 1.29 is 23.9 Å². The largest absolute Gasteiger partial charge is 0.481 e. The molecule has 5 nitrogen and oxygen atoms in total. The second-order valence-corrected chi connectivity index (χ2v) is 5.10. The van der Waals surface area contributed by atoms with Gasteiger partial charge in [0.2, 0.25) is 0 Å². The van der Waals surface area contributed by atoms with Gasteiger partial charge in [-0.15, -0.1) is 0 Å². The van der Waals surface area contributed by atoms with Crippen LogP contribution < -0.4 is 0 Å². The van der Waals surface area contributed by atoms with Crippen LogP contribution in [0.25, 0.3) is 0 Å². The number of likely N-dealkylation sites (N-methyl/N-ethyl adjacent to an activating group) is 1. The van der Waals surface area contributed by atoms with E-state index in [1.165, 1.54) is 0 Å². The van der Waals surface area contributed by atoms with E-state index in [1.54, 1.807) is 0 Å². The summed E-state index contributed by atoms with van der Waals surface area (Å²) in [6.45, 7) is 0.477. The molecule has 0 aromatic rings. The fourth-order valence-electron chi connectivity index (χ4n) is 1.29. The van der Waals surface area contributed by atoms with Crippen molar-refractivity contribution in [3.05, 3.63) is 0 Å². The molecule has 94 valence electrons. The zero-order valence-electron chi connectivity index (χ0n) is 9.97. The summed E-state index contributed by atoms with van der Waals surface area (Å²) in [6.07, 6.45) is -0.533. The summed E-state index contributed by atoms with van der Waals surface area (Å²) < 4.78 is 5.64. The molecule has 0 aromatic heterocycles. The first kappa shape index (κ1) is 15.2. The van der Waals surface area contributed by atoms with Crippen LogP contribution in [-0.4, -0.2) is 61.1 Å². The Morgan fingerprint density at radius 2 is 1.94 bits per heavy atom. The molecule has 0 spiro atoms. The van der Waals surface area contributed by atoms with E-state index in [2.05, 4.69) is 12.6 Å². The Kier molecular flexibility index (Phi) is 6.43. The van der Waals surface area contributed by atoms with Crippen LogP contribution in [0.15, 0.2) is 0 Å². The predicted octanol–water partition coefficient (Wildman–Crippen LogP) is 0.399. The molecule has 1 N–H and O–H groups in total. The number of ether oxygens (including phenoxy) is 1. The summed E-state index contributed by atoms with van der Waals surface area (Å²) >= 11 is 3.92. The molecule has 0 amide bonds. The molecule has 0 aromatic carbocycles. The number of carboxylic acids is 1. The lowest BCUT2D eigenvalue weighted by Crippen LogP contribution is -2.43. The van der Waals surface area contributed by atoms with E-state index in [1.807, 2.05) is 21.1 Å². The van der Waals surface area contributed by atoms with Crippen LogP contribution in [-0.2, 0) is 14.3 Å². The molecular formula is C10H20NO4S+. The quantitative estimate of drug-likeness (QED) is 0.390. The van der Waals surface area contributed by atoms with Gasteiger partial charge in [0.15, 0.2) is 6.10 Å². The number of quaternary nitrogens is 1. The van der Waals surface area contributed by atoms with E-state index in [0.717, 1.165) is 0 Å². The highest BCUT2D eigenvalue weighted by molar-refractivity contribution is 7.80. The first-order chi connectivity index (χ1) is 7.24. The second kappa shape index (κ2) is 6.75. The molecule has 1 atom stereocenters. The van der Waals surface area contributed by atoms with Crippen molar-refractivity contribution in [1.82, 2.24) is 0 Å². The summed E-state index contributed by atoms with van der Waals surface area (Å²) in [5.74, 6) is -0.949. The molecule has 0 aliphatic rings. The van der Waals surface area contributed by atoms with E-state index >= 15 is 0 Å². The highest BCUT2D eigenvalue weighted by Gasteiger charge is 2.24. The van der Waals surface area contributed by atoms with Gasteiger partial charge in [-0.05, 0) is 0 Å². The number of hydrogen-bond acceptors (Lipinski definition) is 4. The van der Waals surface area contributed by atoms with Gasteiger partial charge in [-0.25, -0.2) is 0 Å². The van der Waals surface area contributed by atoms with Crippen molar-refractivity contribution in [2.24, 2.45) is 0 Å². The molecule has 16 heavy (non-hydrogen) atoms. The Morgan fingerprint density at radius 1 is 1.38 bits per heavy atom. The first-order valence-electron chi connectivity index (χ1n) is 5.07. The van der Waals surface area contributed by atoms with E-state index in [4.69, 9.17) is 9.84 Å². The van der Waals surface area contributed by atoms with Crippen LogP contribution in [0, 0.1) is 0 Å². The molecule has 0 heterocycles. The van der Waals surface area contributed by atoms with Crippen LogP contribution in [0.3, 0.4) is 0 Å². The lowest BCUT2D eigenvalue weighted by atomic mass is 10.2. The van der Waals surface area contributed by atoms with Crippen molar-refractivity contribution in [2.75, 3.05) is 33.4 Å². The van der Waals surface area contributed by atoms with Crippen molar-refractivity contribution >= 4 is 24.6 Å². The fraction of sp³-hybridized carbons (Fsp3) is 0.800. The van der Waals surface area contributed by atoms with Crippen LogP contribution in [0.2, 0.25) is 0 Å². The van der Waals surface area contributed by atoms with E-state index in [0.29, 0.717) is 16.8 Å². The lowest BCUT2D eigenvalue weighted by Gasteiger charge is -2.28. The van der Waals surface area contributed by atoms with Crippen molar-refractivity contribution in [3.63, 3.8) is 0 Å². The number of aliphatic carboxylic acids is 1. The first-order valence-corrected chi connectivity index (χ1v) is 5.70. The van der Waals surface area contributed by atoms with Crippen LogP contribution in [0.5, 0.6) is 0 Å². The van der Waals surface area contributed by atoms with Crippen LogP contribution >= 0.6 is 12.6 Å². The third-order valence-electron chi connectivity index (χ3n) is 1.77. The zero-order chi connectivity index (χ0) is 12.8. The molecule has 0 saturated heterocycles. The third-order valence-corrected chi connectivity index (χ3v) is 1.99. The van der Waals surface area contributed by atoms with Gasteiger partial charge in [0, 0.05) is 5.75 Å². The average molecular weight is 250 g/mol. The normalized spacial score (nSPS) is 13.2. The number of thiol groups is 1. The second-order valence-electron chi connectivity index (χ2n) is 4.66. The highest BCUT2D eigenvalue weighted by Crippen LogP contribution is 2.06. The van der Waals surface area contributed by atoms with Gasteiger partial charge in [-0.2, -0.15) is 12.6 Å². The summed E-state index contributed by atoms with van der Waals surface area (Å²) in [4.78, 5) is 21.9. The molecule has 0 rings (SSSR count). The standard InChI is InChI=1S/C10H19NO4S/c1-11(2,3)7-8(6-9(12)13)15-10(14)4-5-16/h8H,4-7H2,1-3H3,(H-,12,13,16)/p+1. The lowest BCUT2D eigenvalue weighted by molar-refractivity contribution is -0.873. The van der Waals surface area contributed by atoms with Crippen molar-refractivity contribution in [2.45, 2.75) is 18.9 Å². The number of carbonyl (C=O) groups excluding carboxylic acids is 1. The maximum absolute atomic E-state index is 11.2. The number of esters is 1. The number of hydrogen-bond donors (Lipinski definition) is 2. The van der Waals surface area contributed by atoms with Crippen molar-refractivity contribution in [3.8, 4) is 0 Å². The minimum atomic E-state index is -0.961. The highest BCUT2D eigenvalue weighted by atomic mass is 32.1. The molecule has 1 unspecified atom stereocenters. The SMILES string of the molecule is C[N+](C)(C)CC(CC(=O)O)OC(=O)CCS. The van der Waals surface area contributed by atoms with Gasteiger partial charge in [0.05, 0.1) is 34.0 Å². The maximum atomic E-state index is 11.2. The number of carboxylic acid groups (broad SMARTS) is 1. The summed E-state index contributed by atoms with van der Waals surface area (Å²) in [7, 11) is 5.75. The number of nitrogens with zero attached hydrogens (tertiary/aromatic N) is 1. The Morgan fingerprint density at radius 3 is 2.31 bits per heavy atom. The Bertz CT molecular complexity index is 250. The Labute approximate surface area is 101 Å². The van der Waals surface area contributed by atoms with Crippen molar-refractivity contribution in [1.29, 1.82) is 0 Å². The third kappa shape index (κ3) is 8.55. The molecule has 0 bridgehead atoms. The Balaban J connectivity index is 4.31. The van der Waals surface area contributed by atoms with E-state index in [-0.39, 0.29) is 12.8 Å². The summed E-state index contributed by atoms with van der Waals surface area (Å²) in [6, 6.07) is 0. The molecule has 6 heteroatoms. The van der Waals surface area contributed by atoms with Gasteiger partial charge in [0.1, 0.15) is 6.54 Å². The average Bonchev–Trinajstić information content (AvgIpc) is 1.98. The van der Waals surface area contributed by atoms with Crippen LogP contribution in [0.1, 0.15) is 12.8 Å². The summed E-state index contributed by atoms with van der Waals surface area (Å²) in [5, 5.41) is 8.71. The topological polar surface area (TPSA) is 63.6 Å². The minimum absolute atomic E-state index is 0.159. The smallest absolute Gasteiger partial charge is 0.307 e. The van der Waals surface area contributed by atoms with E-state index in [9.17, 15) is 9.59 Å². The van der Waals surface area contributed by atoms with Crippen LogP contribution in [0.4, 0.5) is 0 Å². The predicted molar refractivity (Wildman–Crippen MR) is 63.5 cm³/mol. The maximum Gasteiger partial charge on any atom is 0.307 e. The van der Waals surface area contributed by atoms with Gasteiger partial charge < -0.3 is 14.3 Å². The molecule has 0 fully saturated rings.